The quantitative estimate of drug-likeness (QED) is 0.704. The number of anilines is 1. The Hall–Kier alpha value is -2.55. The number of aryl methyl sites for hydroxylation is 1. The maximum Gasteiger partial charge on any atom is 0.321 e. The summed E-state index contributed by atoms with van der Waals surface area (Å²) < 4.78 is 2.01. The minimum atomic E-state index is -0.500. The van der Waals surface area contributed by atoms with Crippen molar-refractivity contribution in [2.24, 2.45) is 0 Å². The second kappa shape index (κ2) is 9.78. The molecule has 9 heteroatoms. The Balaban J connectivity index is 1.86. The largest absolute Gasteiger partial charge is 0.341 e. The van der Waals surface area contributed by atoms with Gasteiger partial charge in [0.15, 0.2) is 5.16 Å². The SMILES string of the molecule is CCNC(=O)NC(=O)[C@H](C)Sc1nnc(N2CCCCC2)n1-c1ccc(C)cc1. The number of urea groups is 1. The van der Waals surface area contributed by atoms with Gasteiger partial charge in [-0.2, -0.15) is 0 Å². The van der Waals surface area contributed by atoms with E-state index in [1.54, 1.807) is 13.8 Å². The monoisotopic (exact) mass is 416 g/mol. The van der Waals surface area contributed by atoms with Crippen LogP contribution in [0, 0.1) is 6.92 Å². The Bertz CT molecular complexity index is 845. The molecular formula is C20H28N6O2S. The van der Waals surface area contributed by atoms with Gasteiger partial charge in [-0.1, -0.05) is 29.5 Å². The lowest BCUT2D eigenvalue weighted by molar-refractivity contribution is -0.119. The highest BCUT2D eigenvalue weighted by atomic mass is 32.2. The molecule has 8 nitrogen and oxygen atoms in total. The lowest BCUT2D eigenvalue weighted by Crippen LogP contribution is -2.42. The van der Waals surface area contributed by atoms with Gasteiger partial charge in [-0.05, 0) is 52.2 Å². The highest BCUT2D eigenvalue weighted by molar-refractivity contribution is 8.00. The number of hydrogen-bond acceptors (Lipinski definition) is 6. The van der Waals surface area contributed by atoms with Crippen molar-refractivity contribution in [2.75, 3.05) is 24.5 Å². The lowest BCUT2D eigenvalue weighted by atomic mass is 10.1. The molecule has 1 saturated heterocycles. The topological polar surface area (TPSA) is 92.2 Å². The zero-order valence-electron chi connectivity index (χ0n) is 17.1. The summed E-state index contributed by atoms with van der Waals surface area (Å²) in [5.41, 5.74) is 2.13. The van der Waals surface area contributed by atoms with Crippen LogP contribution < -0.4 is 15.5 Å². The lowest BCUT2D eigenvalue weighted by Gasteiger charge is -2.28. The molecule has 0 bridgehead atoms. The minimum Gasteiger partial charge on any atom is -0.341 e. The summed E-state index contributed by atoms with van der Waals surface area (Å²) in [6, 6.07) is 7.69. The minimum absolute atomic E-state index is 0.362. The van der Waals surface area contributed by atoms with Crippen molar-refractivity contribution in [1.82, 2.24) is 25.4 Å². The predicted molar refractivity (Wildman–Crippen MR) is 115 cm³/mol. The first kappa shape index (κ1) is 21.2. The van der Waals surface area contributed by atoms with Gasteiger partial charge in [0.1, 0.15) is 0 Å². The zero-order valence-corrected chi connectivity index (χ0v) is 18.0. The average molecular weight is 417 g/mol. The van der Waals surface area contributed by atoms with Gasteiger partial charge in [0.25, 0.3) is 0 Å². The number of nitrogens with one attached hydrogen (secondary N) is 2. The molecule has 1 fully saturated rings. The van der Waals surface area contributed by atoms with Crippen LogP contribution in [0.2, 0.25) is 0 Å². The van der Waals surface area contributed by atoms with E-state index < -0.39 is 11.3 Å². The normalized spacial score (nSPS) is 15.1. The summed E-state index contributed by atoms with van der Waals surface area (Å²) in [5, 5.41) is 13.9. The number of aromatic nitrogens is 3. The zero-order chi connectivity index (χ0) is 20.8. The number of thioether (sulfide) groups is 1. The van der Waals surface area contributed by atoms with Gasteiger partial charge in [0.05, 0.1) is 10.9 Å². The van der Waals surface area contributed by atoms with E-state index in [0.29, 0.717) is 11.7 Å². The Kier molecular flexibility index (Phi) is 7.13. The van der Waals surface area contributed by atoms with Gasteiger partial charge >= 0.3 is 6.03 Å². The van der Waals surface area contributed by atoms with Gasteiger partial charge in [0.2, 0.25) is 11.9 Å². The summed E-state index contributed by atoms with van der Waals surface area (Å²) in [5.74, 6) is 0.436. The van der Waals surface area contributed by atoms with E-state index in [4.69, 9.17) is 0 Å². The average Bonchev–Trinajstić information content (AvgIpc) is 3.13. The molecule has 2 aromatic rings. The van der Waals surface area contributed by atoms with Crippen molar-refractivity contribution in [2.45, 2.75) is 50.4 Å². The van der Waals surface area contributed by atoms with Crippen LogP contribution in [0.3, 0.4) is 0 Å². The van der Waals surface area contributed by atoms with E-state index in [0.717, 1.165) is 37.6 Å². The number of hydrogen-bond donors (Lipinski definition) is 2. The molecule has 0 aliphatic carbocycles. The van der Waals surface area contributed by atoms with E-state index in [1.165, 1.54) is 23.7 Å². The molecular weight excluding hydrogens is 388 g/mol. The van der Waals surface area contributed by atoms with Gasteiger partial charge in [-0.25, -0.2) is 4.79 Å². The van der Waals surface area contributed by atoms with Crippen molar-refractivity contribution in [3.8, 4) is 5.69 Å². The number of piperidine rings is 1. The van der Waals surface area contributed by atoms with Gasteiger partial charge < -0.3 is 10.2 Å². The smallest absolute Gasteiger partial charge is 0.321 e. The number of rotatable bonds is 6. The highest BCUT2D eigenvalue weighted by Gasteiger charge is 2.25. The number of amides is 3. The van der Waals surface area contributed by atoms with E-state index in [2.05, 4.69) is 37.9 Å². The predicted octanol–water partition coefficient (Wildman–Crippen LogP) is 2.89. The second-order valence-corrected chi connectivity index (χ2v) is 8.42. The molecule has 0 unspecified atom stereocenters. The van der Waals surface area contributed by atoms with Crippen LogP contribution in [0.25, 0.3) is 5.69 Å². The third-order valence-electron chi connectivity index (χ3n) is 4.77. The van der Waals surface area contributed by atoms with Crippen molar-refractivity contribution >= 4 is 29.6 Å². The molecule has 1 aromatic heterocycles. The molecule has 2 heterocycles. The molecule has 1 aromatic carbocycles. The molecule has 29 heavy (non-hydrogen) atoms. The van der Waals surface area contributed by atoms with Crippen LogP contribution >= 0.6 is 11.8 Å². The van der Waals surface area contributed by atoms with E-state index >= 15 is 0 Å². The van der Waals surface area contributed by atoms with Crippen LogP contribution in [-0.4, -0.2) is 51.6 Å². The number of carbonyl (C=O) groups is 2. The fourth-order valence-corrected chi connectivity index (χ4v) is 4.05. The van der Waals surface area contributed by atoms with Gasteiger partial charge in [0, 0.05) is 19.6 Å². The molecule has 1 aliphatic rings. The first-order chi connectivity index (χ1) is 14.0. The van der Waals surface area contributed by atoms with Crippen LogP contribution in [0.5, 0.6) is 0 Å². The Morgan fingerprint density at radius 1 is 1.14 bits per heavy atom. The van der Waals surface area contributed by atoms with Crippen molar-refractivity contribution in [1.29, 1.82) is 0 Å². The molecule has 0 saturated carbocycles. The molecule has 3 rings (SSSR count). The molecule has 0 spiro atoms. The van der Waals surface area contributed by atoms with Gasteiger partial charge in [-0.15, -0.1) is 10.2 Å². The van der Waals surface area contributed by atoms with Crippen LogP contribution in [0.1, 0.15) is 38.7 Å². The van der Waals surface area contributed by atoms with Crippen LogP contribution in [0.4, 0.5) is 10.7 Å². The molecule has 1 aliphatic heterocycles. The highest BCUT2D eigenvalue weighted by Crippen LogP contribution is 2.30. The summed E-state index contributed by atoms with van der Waals surface area (Å²) in [7, 11) is 0. The Morgan fingerprint density at radius 3 is 2.48 bits per heavy atom. The summed E-state index contributed by atoms with van der Waals surface area (Å²) in [6.45, 7) is 7.96. The van der Waals surface area contributed by atoms with E-state index in [1.807, 2.05) is 23.6 Å². The number of imide groups is 1. The maximum absolute atomic E-state index is 12.4. The van der Waals surface area contributed by atoms with Crippen molar-refractivity contribution in [3.63, 3.8) is 0 Å². The van der Waals surface area contributed by atoms with Crippen LogP contribution in [-0.2, 0) is 4.79 Å². The second-order valence-electron chi connectivity index (χ2n) is 7.11. The number of benzene rings is 1. The maximum atomic E-state index is 12.4. The van der Waals surface area contributed by atoms with Gasteiger partial charge in [-0.3, -0.25) is 14.7 Å². The first-order valence-corrected chi connectivity index (χ1v) is 10.9. The summed E-state index contributed by atoms with van der Waals surface area (Å²) >= 11 is 1.29. The molecule has 2 N–H and O–H groups in total. The van der Waals surface area contributed by atoms with E-state index in [-0.39, 0.29) is 5.91 Å². The number of carbonyl (C=O) groups excluding carboxylic acids is 2. The first-order valence-electron chi connectivity index (χ1n) is 10.0. The molecule has 156 valence electrons. The molecule has 1 atom stereocenters. The van der Waals surface area contributed by atoms with E-state index in [9.17, 15) is 9.59 Å². The fourth-order valence-electron chi connectivity index (χ4n) is 3.19. The van der Waals surface area contributed by atoms with Crippen molar-refractivity contribution < 1.29 is 9.59 Å². The fraction of sp³-hybridized carbons (Fsp3) is 0.500. The number of nitrogens with zero attached hydrogens (tertiary/aromatic N) is 4. The standard InChI is InChI=1S/C20H28N6O2S/c1-4-21-18(28)22-17(27)15(3)29-20-24-23-19(25-12-6-5-7-13-25)26(20)16-10-8-14(2)9-11-16/h8-11,15H,4-7,12-13H2,1-3H3,(H2,21,22,27,28)/t15-/m0/s1. The van der Waals surface area contributed by atoms with Crippen molar-refractivity contribution in [3.05, 3.63) is 29.8 Å². The molecule has 3 amide bonds. The third kappa shape index (κ3) is 5.29. The van der Waals surface area contributed by atoms with Crippen LogP contribution in [0.15, 0.2) is 29.4 Å². The Labute approximate surface area is 175 Å². The third-order valence-corrected chi connectivity index (χ3v) is 5.82. The summed E-state index contributed by atoms with van der Waals surface area (Å²) in [6.07, 6.45) is 3.50. The molecule has 0 radical (unpaired) electrons. The Morgan fingerprint density at radius 2 is 1.83 bits per heavy atom. The summed E-state index contributed by atoms with van der Waals surface area (Å²) in [4.78, 5) is 26.3.